The van der Waals surface area contributed by atoms with Crippen LogP contribution in [0.3, 0.4) is 0 Å². The zero-order valence-electron chi connectivity index (χ0n) is 25.2. The molecule has 1 aliphatic heterocycles. The molecule has 2 aromatic heterocycles. The molecule has 3 heterocycles. The molecule has 2 nitrogen and oxygen atoms in total. The molecule has 0 saturated carbocycles. The molecule has 9 aromatic rings. The smallest absolute Gasteiger partial charge is 0.188 e. The third-order valence-electron chi connectivity index (χ3n) is 9.81. The van der Waals surface area contributed by atoms with Gasteiger partial charge >= 0.3 is 0 Å². The maximum Gasteiger partial charge on any atom is 0.188 e. The summed E-state index contributed by atoms with van der Waals surface area (Å²) in [6.45, 7) is 0. The predicted octanol–water partition coefficient (Wildman–Crippen LogP) is 9.29. The van der Waals surface area contributed by atoms with Crippen molar-refractivity contribution in [3.8, 4) is 17.2 Å². The molecule has 0 amide bonds. The Balaban J connectivity index is 1.28. The lowest BCUT2D eigenvalue weighted by Gasteiger charge is -2.39. The fourth-order valence-electron chi connectivity index (χ4n) is 7.83. The number of aromatic nitrogens is 1. The number of ether oxygens (including phenoxy) is 1. The molecule has 0 radical (unpaired) electrons. The Hall–Kier alpha value is -5.13. The molecule has 0 saturated heterocycles. The van der Waals surface area contributed by atoms with Crippen molar-refractivity contribution in [2.45, 2.75) is 0 Å². The molecule has 5 heteroatoms. The summed E-state index contributed by atoms with van der Waals surface area (Å²) in [6.07, 6.45) is 0. The van der Waals surface area contributed by atoms with Gasteiger partial charge in [-0.15, -0.1) is 11.3 Å². The van der Waals surface area contributed by atoms with E-state index in [2.05, 4.69) is 150 Å². The minimum atomic E-state index is -2.88. The monoisotopic (exact) mass is 655 g/mol. The van der Waals surface area contributed by atoms with Crippen LogP contribution in [0.5, 0.6) is 11.5 Å². The van der Waals surface area contributed by atoms with Crippen molar-refractivity contribution in [2.75, 3.05) is 0 Å². The van der Waals surface area contributed by atoms with Gasteiger partial charge < -0.3 is 9.30 Å². The highest BCUT2D eigenvalue weighted by atomic mass is 35.5. The van der Waals surface area contributed by atoms with Gasteiger partial charge in [-0.05, 0) is 75.3 Å². The lowest BCUT2D eigenvalue weighted by atomic mass is 10.1. The van der Waals surface area contributed by atoms with Gasteiger partial charge in [-0.25, -0.2) is 0 Å². The quantitative estimate of drug-likeness (QED) is 0.173. The molecular weight excluding hydrogens is 630 g/mol. The van der Waals surface area contributed by atoms with Gasteiger partial charge in [-0.3, -0.25) is 0 Å². The van der Waals surface area contributed by atoms with E-state index in [1.54, 1.807) is 0 Å². The minimum Gasteiger partial charge on any atom is -0.457 e. The summed E-state index contributed by atoms with van der Waals surface area (Å²) in [4.78, 5) is 0. The molecule has 0 bridgehead atoms. The fraction of sp³-hybridized carbons (Fsp3) is 0. The molecule has 222 valence electrons. The summed E-state index contributed by atoms with van der Waals surface area (Å²) in [5.74, 6) is 1.74. The Morgan fingerprint density at radius 2 is 1.11 bits per heavy atom. The number of fused-ring (bicyclic) bond motifs is 8. The third-order valence-corrected chi connectivity index (χ3v) is 16.0. The van der Waals surface area contributed by atoms with Crippen LogP contribution in [0.25, 0.3) is 47.7 Å². The van der Waals surface area contributed by atoms with E-state index >= 15 is 0 Å². The van der Waals surface area contributed by atoms with Crippen molar-refractivity contribution in [3.05, 3.63) is 163 Å². The number of nitrogens with zero attached hydrogens (tertiary/aromatic N) is 1. The Bertz CT molecular complexity index is 2640. The highest BCUT2D eigenvalue weighted by Crippen LogP contribution is 2.36. The number of benzene rings is 7. The first-order valence-electron chi connectivity index (χ1n) is 15.8. The fourth-order valence-corrected chi connectivity index (χ4v) is 14.0. The normalized spacial score (nSPS) is 15.6. The summed E-state index contributed by atoms with van der Waals surface area (Å²) < 4.78 is 11.6. The highest BCUT2D eigenvalue weighted by molar-refractivity contribution is 7.26. The third kappa shape index (κ3) is 3.84. The van der Waals surface area contributed by atoms with E-state index in [4.69, 9.17) is 16.3 Å². The number of para-hydroxylation sites is 3. The van der Waals surface area contributed by atoms with Crippen LogP contribution >= 0.6 is 22.9 Å². The molecule has 10 rings (SSSR count). The zero-order chi connectivity index (χ0) is 31.1. The summed E-state index contributed by atoms with van der Waals surface area (Å²) in [7, 11) is -2.88. The van der Waals surface area contributed by atoms with E-state index < -0.39 is 8.07 Å². The molecular formula is C42H26ClNOSSi. The van der Waals surface area contributed by atoms with E-state index in [0.717, 1.165) is 17.2 Å². The van der Waals surface area contributed by atoms with E-state index in [-0.39, 0.29) is 0 Å². The van der Waals surface area contributed by atoms with Crippen LogP contribution in [0, 0.1) is 0 Å². The summed E-state index contributed by atoms with van der Waals surface area (Å²) in [6, 6.07) is 57.4. The molecule has 0 N–H and O–H groups in total. The van der Waals surface area contributed by atoms with Gasteiger partial charge in [-0.2, -0.15) is 0 Å². The second-order valence-corrected chi connectivity index (χ2v) is 17.5. The summed E-state index contributed by atoms with van der Waals surface area (Å²) >= 11 is 8.48. The lowest BCUT2D eigenvalue weighted by Crippen LogP contribution is -2.76. The highest BCUT2D eigenvalue weighted by Gasteiger charge is 2.48. The molecule has 47 heavy (non-hydrogen) atoms. The average Bonchev–Trinajstić information content (AvgIpc) is 3.66. The Morgan fingerprint density at radius 3 is 1.89 bits per heavy atom. The number of halogens is 1. The van der Waals surface area contributed by atoms with E-state index in [9.17, 15) is 0 Å². The first kappa shape index (κ1) is 27.0. The standard InChI is InChI=1S/C42H26ClNOSSi/c43-27-17-24-42-38(25-27)45-37-14-6-8-16-41(37)47(42,30-22-23-40-34(26-30)33-11-3-7-15-39(33)46-40)29-20-18-28(19-21-29)44-35-12-4-1-9-31(35)32-10-2-5-13-36(32)44/h1-26H. The minimum absolute atomic E-state index is 0.673. The molecule has 7 aromatic carbocycles. The molecule has 0 aliphatic carbocycles. The van der Waals surface area contributed by atoms with Crippen LogP contribution in [0.2, 0.25) is 5.02 Å². The van der Waals surface area contributed by atoms with Gasteiger partial charge in [-0.1, -0.05) is 115 Å². The van der Waals surface area contributed by atoms with Gasteiger partial charge in [0, 0.05) is 41.7 Å². The van der Waals surface area contributed by atoms with Gasteiger partial charge in [0.15, 0.2) is 8.07 Å². The van der Waals surface area contributed by atoms with E-state index in [1.165, 1.54) is 62.7 Å². The van der Waals surface area contributed by atoms with Crippen LogP contribution in [0.1, 0.15) is 0 Å². The topological polar surface area (TPSA) is 14.2 Å². The first-order chi connectivity index (χ1) is 23.2. The van der Waals surface area contributed by atoms with Gasteiger partial charge in [0.25, 0.3) is 0 Å². The number of rotatable bonds is 3. The second-order valence-electron chi connectivity index (χ2n) is 12.2. The van der Waals surface area contributed by atoms with Crippen molar-refractivity contribution in [1.29, 1.82) is 0 Å². The Labute approximate surface area is 281 Å². The molecule has 0 spiro atoms. The van der Waals surface area contributed by atoms with Crippen molar-refractivity contribution in [2.24, 2.45) is 0 Å². The zero-order valence-corrected chi connectivity index (χ0v) is 27.7. The SMILES string of the molecule is Clc1ccc2c(c1)Oc1ccccc1[Si]2(c1ccc(-n2c3ccccc3c3ccccc32)cc1)c1ccc2sc3ccccc3c2c1. The van der Waals surface area contributed by atoms with Crippen LogP contribution in [0.15, 0.2) is 158 Å². The van der Waals surface area contributed by atoms with Gasteiger partial charge in [0.1, 0.15) is 11.5 Å². The Morgan fingerprint density at radius 1 is 0.489 bits per heavy atom. The van der Waals surface area contributed by atoms with Crippen molar-refractivity contribution < 1.29 is 4.74 Å². The Kier molecular flexibility index (Phi) is 5.85. The molecule has 1 aliphatic rings. The molecule has 1 unspecified atom stereocenters. The summed E-state index contributed by atoms with van der Waals surface area (Å²) in [5.41, 5.74) is 3.56. The predicted molar refractivity (Wildman–Crippen MR) is 202 cm³/mol. The van der Waals surface area contributed by atoms with Gasteiger partial charge in [0.2, 0.25) is 0 Å². The maximum absolute atomic E-state index is 6.63. The van der Waals surface area contributed by atoms with Crippen molar-refractivity contribution >= 4 is 93.7 Å². The number of hydrogen-bond acceptors (Lipinski definition) is 2. The van der Waals surface area contributed by atoms with Crippen molar-refractivity contribution in [1.82, 2.24) is 4.57 Å². The maximum atomic E-state index is 6.63. The molecule has 0 fully saturated rings. The second kappa shape index (κ2) is 10.2. The van der Waals surface area contributed by atoms with Crippen LogP contribution in [-0.4, -0.2) is 12.6 Å². The van der Waals surface area contributed by atoms with Crippen LogP contribution in [-0.2, 0) is 0 Å². The summed E-state index contributed by atoms with van der Waals surface area (Å²) in [5, 5.41) is 10.9. The molecule has 1 atom stereocenters. The number of thiophene rings is 1. The van der Waals surface area contributed by atoms with E-state index in [1.807, 2.05) is 23.5 Å². The first-order valence-corrected chi connectivity index (χ1v) is 19.0. The lowest BCUT2D eigenvalue weighted by molar-refractivity contribution is 0.487. The van der Waals surface area contributed by atoms with Crippen LogP contribution < -0.4 is 25.5 Å². The average molecular weight is 656 g/mol. The van der Waals surface area contributed by atoms with Crippen LogP contribution in [0.4, 0.5) is 0 Å². The number of hydrogen-bond donors (Lipinski definition) is 0. The van der Waals surface area contributed by atoms with Crippen molar-refractivity contribution in [3.63, 3.8) is 0 Å². The van der Waals surface area contributed by atoms with E-state index in [0.29, 0.717) is 5.02 Å². The van der Waals surface area contributed by atoms with Gasteiger partial charge in [0.05, 0.1) is 11.0 Å². The largest absolute Gasteiger partial charge is 0.457 e.